The molecule has 1 aromatic carbocycles. The molecule has 22 heteroatoms. The Balaban J connectivity index is 0.000000414. The van der Waals surface area contributed by atoms with Gasteiger partial charge in [-0.2, -0.15) is 26.3 Å². The number of benzene rings is 1. The third kappa shape index (κ3) is 13.0. The maximum Gasteiger partial charge on any atom is 0.485 e. The standard InChI is InChI=1S/C24H22N8.2CHF3O3S/c1-31(22-12-6-8-14-25-22)27-17-20-16-21(18-28-32(2)23-13-7-9-15-26-23)30-24(29-20)19-10-4-3-5-11-19;2*2-1(3,4)8(5,6)7/h3-18H,1-2H3;2*(H,5,6,7)/b27-17+,28-18+;;. The number of anilines is 2. The van der Waals surface area contributed by atoms with Crippen LogP contribution in [0.15, 0.2) is 95.4 Å². The molecule has 0 fully saturated rings. The molecule has 48 heavy (non-hydrogen) atoms. The minimum atomic E-state index is -6.09. The van der Waals surface area contributed by atoms with Crippen LogP contribution in [-0.2, 0) is 20.2 Å². The predicted octanol–water partition coefficient (Wildman–Crippen LogP) is 2.82. The van der Waals surface area contributed by atoms with Crippen molar-refractivity contribution in [3.8, 4) is 11.4 Å². The van der Waals surface area contributed by atoms with E-state index in [0.29, 0.717) is 17.2 Å². The fourth-order valence-corrected chi connectivity index (χ4v) is 2.92. The molecule has 0 spiro atoms. The molecule has 258 valence electrons. The summed E-state index contributed by atoms with van der Waals surface area (Å²) >= 11 is 0. The fraction of sp³-hybridized carbons (Fsp3) is 0.154. The number of H-pyrrole nitrogens is 2. The number of nitrogens with one attached hydrogen (secondary N) is 2. The van der Waals surface area contributed by atoms with Crippen LogP contribution in [0.5, 0.6) is 0 Å². The Hall–Kier alpha value is -5.06. The Morgan fingerprint density at radius 2 is 1.02 bits per heavy atom. The summed E-state index contributed by atoms with van der Waals surface area (Å²) in [5.74, 6) is 2.34. The van der Waals surface area contributed by atoms with Crippen LogP contribution in [0.2, 0.25) is 0 Å². The summed E-state index contributed by atoms with van der Waals surface area (Å²) in [4.78, 5) is 15.7. The molecule has 4 rings (SSSR count). The van der Waals surface area contributed by atoms with Crippen LogP contribution in [0.3, 0.4) is 0 Å². The lowest BCUT2D eigenvalue weighted by atomic mass is 10.2. The number of hydrazone groups is 2. The van der Waals surface area contributed by atoms with Gasteiger partial charge in [-0.05, 0) is 18.2 Å². The second-order valence-electron chi connectivity index (χ2n) is 8.74. The van der Waals surface area contributed by atoms with E-state index in [0.717, 1.165) is 17.2 Å². The summed E-state index contributed by atoms with van der Waals surface area (Å²) in [5.41, 5.74) is -9.01. The molecule has 0 radical (unpaired) electrons. The van der Waals surface area contributed by atoms with Gasteiger partial charge in [0.2, 0.25) is 0 Å². The van der Waals surface area contributed by atoms with Gasteiger partial charge in [-0.25, -0.2) is 36.8 Å². The maximum atomic E-state index is 10.7. The smallest absolute Gasteiger partial charge is 0.485 e. The van der Waals surface area contributed by atoms with E-state index in [1.54, 1.807) is 22.4 Å². The number of alkyl halides is 6. The van der Waals surface area contributed by atoms with Crippen molar-refractivity contribution in [2.75, 3.05) is 24.1 Å². The molecule has 0 saturated carbocycles. The van der Waals surface area contributed by atoms with Crippen LogP contribution < -0.4 is 20.0 Å². The first kappa shape index (κ1) is 39.1. The van der Waals surface area contributed by atoms with Gasteiger partial charge in [-0.1, -0.05) is 52.7 Å². The lowest BCUT2D eigenvalue weighted by Crippen LogP contribution is -2.21. The highest BCUT2D eigenvalue weighted by Crippen LogP contribution is 2.21. The van der Waals surface area contributed by atoms with E-state index in [1.807, 2.05) is 99.3 Å². The Bertz CT molecular complexity index is 1770. The van der Waals surface area contributed by atoms with E-state index >= 15 is 0 Å². The SMILES string of the molecule is CN(/N=C/c1cc(/C=N/N(C)c2cccc[nH+]2)nc(-c2ccccc2)n1)c1cccc[nH+]1.O=S(=O)([O-])C(F)(F)F.O=S(=O)([O-])C(F)(F)F. The van der Waals surface area contributed by atoms with E-state index in [2.05, 4.69) is 30.1 Å². The summed E-state index contributed by atoms with van der Waals surface area (Å²) in [5, 5.41) is 12.5. The number of rotatable bonds is 7. The molecular weight excluding hydrogens is 698 g/mol. The van der Waals surface area contributed by atoms with Crippen LogP contribution in [0.4, 0.5) is 38.0 Å². The zero-order chi connectivity index (χ0) is 36.2. The molecule has 0 saturated heterocycles. The molecule has 3 aromatic heterocycles. The minimum Gasteiger partial charge on any atom is -0.741 e. The molecule has 14 nitrogen and oxygen atoms in total. The van der Waals surface area contributed by atoms with Crippen LogP contribution >= 0.6 is 0 Å². The Morgan fingerprint density at radius 1 is 0.667 bits per heavy atom. The van der Waals surface area contributed by atoms with Crippen molar-refractivity contribution in [3.63, 3.8) is 0 Å². The summed E-state index contributed by atoms with van der Waals surface area (Å²) in [6.45, 7) is 0. The number of hydrogen-bond donors (Lipinski definition) is 0. The number of aromatic amines is 2. The van der Waals surface area contributed by atoms with Crippen molar-refractivity contribution in [1.29, 1.82) is 0 Å². The van der Waals surface area contributed by atoms with Gasteiger partial charge < -0.3 is 9.11 Å². The summed E-state index contributed by atoms with van der Waals surface area (Å²) in [7, 11) is -8.44. The highest BCUT2D eigenvalue weighted by Gasteiger charge is 2.37. The van der Waals surface area contributed by atoms with E-state index in [1.165, 1.54) is 0 Å². The van der Waals surface area contributed by atoms with Crippen LogP contribution in [0.1, 0.15) is 11.4 Å². The molecule has 3 heterocycles. The summed E-state index contributed by atoms with van der Waals surface area (Å²) in [6, 6.07) is 23.3. The molecule has 0 amide bonds. The van der Waals surface area contributed by atoms with Crippen LogP contribution in [0, 0.1) is 0 Å². The largest absolute Gasteiger partial charge is 0.741 e. The van der Waals surface area contributed by atoms with Gasteiger partial charge in [0.25, 0.3) is 11.6 Å². The topological polar surface area (TPSA) is 200 Å². The van der Waals surface area contributed by atoms with Crippen molar-refractivity contribution in [2.24, 2.45) is 10.2 Å². The number of hydrogen-bond acceptors (Lipinski definition) is 12. The predicted molar refractivity (Wildman–Crippen MR) is 157 cm³/mol. The molecule has 0 atom stereocenters. The van der Waals surface area contributed by atoms with Gasteiger partial charge in [-0.3, -0.25) is 0 Å². The average Bonchev–Trinajstić information content (AvgIpc) is 3.02. The number of pyridine rings is 2. The van der Waals surface area contributed by atoms with Gasteiger partial charge in [-0.15, -0.1) is 10.0 Å². The zero-order valence-corrected chi connectivity index (χ0v) is 26.1. The van der Waals surface area contributed by atoms with Crippen molar-refractivity contribution in [3.05, 3.63) is 96.6 Å². The second-order valence-corrected chi connectivity index (χ2v) is 11.5. The number of halogens is 6. The van der Waals surface area contributed by atoms with E-state index in [4.69, 9.17) is 25.9 Å². The van der Waals surface area contributed by atoms with Crippen LogP contribution in [0.25, 0.3) is 11.4 Å². The van der Waals surface area contributed by atoms with Gasteiger partial charge in [0.1, 0.15) is 14.1 Å². The fourth-order valence-electron chi connectivity index (χ4n) is 2.92. The molecule has 2 N–H and O–H groups in total. The van der Waals surface area contributed by atoms with Crippen LogP contribution in [-0.4, -0.2) is 73.5 Å². The maximum absolute atomic E-state index is 10.7. The molecule has 0 aliphatic rings. The highest BCUT2D eigenvalue weighted by atomic mass is 32.2. The molecule has 0 aliphatic carbocycles. The molecule has 4 aromatic rings. The van der Waals surface area contributed by atoms with Gasteiger partial charge in [0.05, 0.1) is 36.2 Å². The Morgan fingerprint density at radius 3 is 1.33 bits per heavy atom. The lowest BCUT2D eigenvalue weighted by molar-refractivity contribution is -0.364. The van der Waals surface area contributed by atoms with Crippen molar-refractivity contribution in [2.45, 2.75) is 11.0 Å². The van der Waals surface area contributed by atoms with E-state index in [-0.39, 0.29) is 0 Å². The quantitative estimate of drug-likeness (QED) is 0.0898. The summed E-state index contributed by atoms with van der Waals surface area (Å²) in [6.07, 6.45) is 7.13. The average molecular weight is 723 g/mol. The Labute approximate surface area is 269 Å². The molecule has 0 aliphatic heterocycles. The number of aromatic nitrogens is 4. The van der Waals surface area contributed by atoms with Crippen molar-refractivity contribution in [1.82, 2.24) is 9.97 Å². The normalized spacial score (nSPS) is 12.1. The first-order valence-electron chi connectivity index (χ1n) is 12.7. The third-order valence-corrected chi connectivity index (χ3v) is 6.31. The lowest BCUT2D eigenvalue weighted by Gasteiger charge is -2.08. The van der Waals surface area contributed by atoms with Gasteiger partial charge >= 0.3 is 11.0 Å². The Kier molecular flexibility index (Phi) is 13.6. The first-order valence-corrected chi connectivity index (χ1v) is 15.5. The zero-order valence-electron chi connectivity index (χ0n) is 24.5. The van der Waals surface area contributed by atoms with E-state index in [9.17, 15) is 26.3 Å². The summed E-state index contributed by atoms with van der Waals surface area (Å²) < 4.78 is 118. The molecule has 0 bridgehead atoms. The number of nitrogens with zero attached hydrogens (tertiary/aromatic N) is 6. The van der Waals surface area contributed by atoms with Crippen molar-refractivity contribution >= 4 is 44.3 Å². The van der Waals surface area contributed by atoms with Gasteiger partial charge in [0, 0.05) is 17.7 Å². The first-order chi connectivity index (χ1) is 22.2. The second kappa shape index (κ2) is 16.7. The van der Waals surface area contributed by atoms with Gasteiger partial charge in [0.15, 0.2) is 26.1 Å². The van der Waals surface area contributed by atoms with E-state index < -0.39 is 31.3 Å². The highest BCUT2D eigenvalue weighted by molar-refractivity contribution is 7.86. The van der Waals surface area contributed by atoms with Crippen molar-refractivity contribution < 1.29 is 62.3 Å². The molecular formula is C26H24F6N8O6S2. The monoisotopic (exact) mass is 722 g/mol. The minimum absolute atomic E-state index is 0.610. The third-order valence-electron chi connectivity index (χ3n) is 5.17. The molecule has 0 unspecified atom stereocenters.